The van der Waals surface area contributed by atoms with Crippen molar-refractivity contribution in [2.75, 3.05) is 39.7 Å². The van der Waals surface area contributed by atoms with E-state index in [2.05, 4.69) is 4.36 Å². The number of hydrogen-bond acceptors (Lipinski definition) is 3. The fraction of sp³-hybridized carbons (Fsp3) is 1.00. The third kappa shape index (κ3) is 7.91. The Kier molecular flexibility index (Phi) is 3.89. The summed E-state index contributed by atoms with van der Waals surface area (Å²) in [6.45, 7) is 1.54. The van der Waals surface area contributed by atoms with Gasteiger partial charge < -0.3 is 4.90 Å². The van der Waals surface area contributed by atoms with Gasteiger partial charge in [0.05, 0.1) is 6.54 Å². The van der Waals surface area contributed by atoms with E-state index in [-0.39, 0.29) is 0 Å². The van der Waals surface area contributed by atoms with Crippen molar-refractivity contribution in [3.05, 3.63) is 0 Å². The molecule has 0 amide bonds. The Hall–Kier alpha value is -0.0900. The van der Waals surface area contributed by atoms with Gasteiger partial charge in [-0.3, -0.25) is 4.21 Å². The highest BCUT2D eigenvalue weighted by Gasteiger charge is 1.90. The van der Waals surface area contributed by atoms with Crippen molar-refractivity contribution in [3.63, 3.8) is 0 Å². The van der Waals surface area contributed by atoms with Crippen LogP contribution in [0.15, 0.2) is 4.36 Å². The molecule has 0 saturated heterocycles. The first-order valence-corrected chi connectivity index (χ1v) is 5.52. The summed E-state index contributed by atoms with van der Waals surface area (Å²) in [5.41, 5.74) is 0. The second kappa shape index (κ2) is 3.93. The summed E-state index contributed by atoms with van der Waals surface area (Å²) in [4.78, 5) is 2.02. The second-order valence-corrected chi connectivity index (χ2v) is 5.46. The van der Waals surface area contributed by atoms with Gasteiger partial charge in [-0.15, -0.1) is 0 Å². The third-order valence-electron chi connectivity index (χ3n) is 0.949. The van der Waals surface area contributed by atoms with Gasteiger partial charge in [0.15, 0.2) is 0 Å². The lowest BCUT2D eigenvalue weighted by atomic mass is 10.6. The van der Waals surface area contributed by atoms with Crippen LogP contribution in [0.1, 0.15) is 0 Å². The third-order valence-corrected chi connectivity index (χ3v) is 1.75. The number of hydrogen-bond donors (Lipinski definition) is 0. The quantitative estimate of drug-likeness (QED) is 0.600. The molecule has 0 bridgehead atoms. The summed E-state index contributed by atoms with van der Waals surface area (Å²) in [5.74, 6) is 0. The van der Waals surface area contributed by atoms with Gasteiger partial charge in [-0.25, -0.2) is 4.36 Å². The second-order valence-electron chi connectivity index (χ2n) is 2.84. The van der Waals surface area contributed by atoms with Crippen LogP contribution in [0, 0.1) is 0 Å². The lowest BCUT2D eigenvalue weighted by Gasteiger charge is -2.05. The molecule has 0 N–H and O–H groups in total. The molecule has 0 atom stereocenters. The van der Waals surface area contributed by atoms with Gasteiger partial charge in [-0.05, 0) is 14.1 Å². The van der Waals surface area contributed by atoms with Crippen LogP contribution in [0.4, 0.5) is 0 Å². The molecule has 0 heterocycles. The molecule has 0 aromatic carbocycles. The van der Waals surface area contributed by atoms with Crippen LogP contribution in [0.3, 0.4) is 0 Å². The van der Waals surface area contributed by atoms with Crippen molar-refractivity contribution in [2.45, 2.75) is 0 Å². The van der Waals surface area contributed by atoms with E-state index in [1.807, 2.05) is 19.0 Å². The molecule has 0 aliphatic carbocycles. The highest BCUT2D eigenvalue weighted by molar-refractivity contribution is 7.92. The lowest BCUT2D eigenvalue weighted by molar-refractivity contribution is 0.421. The van der Waals surface area contributed by atoms with Gasteiger partial charge >= 0.3 is 0 Å². The maximum atomic E-state index is 11.0. The van der Waals surface area contributed by atoms with Crippen LogP contribution < -0.4 is 0 Å². The van der Waals surface area contributed by atoms with Crippen LogP contribution in [-0.4, -0.2) is 48.8 Å². The van der Waals surface area contributed by atoms with E-state index in [9.17, 15) is 4.21 Å². The molecule has 0 aliphatic heterocycles. The smallest absolute Gasteiger partial charge is 0.0611 e. The summed E-state index contributed by atoms with van der Waals surface area (Å²) >= 11 is 0. The molecule has 0 aromatic heterocycles. The topological polar surface area (TPSA) is 32.7 Å². The van der Waals surface area contributed by atoms with E-state index in [0.29, 0.717) is 6.54 Å². The van der Waals surface area contributed by atoms with Crippen molar-refractivity contribution in [2.24, 2.45) is 4.36 Å². The highest BCUT2D eigenvalue weighted by Crippen LogP contribution is 1.84. The van der Waals surface area contributed by atoms with Gasteiger partial charge in [0.2, 0.25) is 0 Å². The Labute approximate surface area is 63.6 Å². The number of rotatable bonds is 3. The molecule has 0 rings (SSSR count). The average molecular weight is 164 g/mol. The Balaban J connectivity index is 3.66. The number of likely N-dealkylation sites (N-methyl/N-ethyl adjacent to an activating group) is 1. The monoisotopic (exact) mass is 164 g/mol. The first-order chi connectivity index (χ1) is 4.42. The highest BCUT2D eigenvalue weighted by atomic mass is 32.2. The molecule has 0 aromatic rings. The predicted octanol–water partition coefficient (Wildman–Crippen LogP) is 0.276. The minimum absolute atomic E-state index is 0.666. The zero-order valence-corrected chi connectivity index (χ0v) is 7.94. The molecule has 3 nitrogen and oxygen atoms in total. The predicted molar refractivity (Wildman–Crippen MR) is 45.8 cm³/mol. The van der Waals surface area contributed by atoms with Crippen molar-refractivity contribution < 1.29 is 4.21 Å². The Bertz CT molecular complexity index is 184. The van der Waals surface area contributed by atoms with E-state index in [4.69, 9.17) is 0 Å². The standard InChI is InChI=1S/C6H16N2OS/c1-8(2)6-5-7-10(3,4)9/h5-6H2,1-4H3. The van der Waals surface area contributed by atoms with Gasteiger partial charge in [-0.1, -0.05) is 0 Å². The fourth-order valence-electron chi connectivity index (χ4n) is 0.461. The van der Waals surface area contributed by atoms with Crippen LogP contribution in [-0.2, 0) is 9.73 Å². The maximum Gasteiger partial charge on any atom is 0.0611 e. The molecule has 0 saturated carbocycles. The fourth-order valence-corrected chi connectivity index (χ4v) is 0.982. The maximum absolute atomic E-state index is 11.0. The Morgan fingerprint density at radius 3 is 2.20 bits per heavy atom. The Morgan fingerprint density at radius 1 is 1.40 bits per heavy atom. The molecule has 0 radical (unpaired) electrons. The van der Waals surface area contributed by atoms with Crippen LogP contribution >= 0.6 is 0 Å². The molecule has 10 heavy (non-hydrogen) atoms. The normalized spacial score (nSPS) is 12.1. The first kappa shape index (κ1) is 9.91. The average Bonchev–Trinajstić information content (AvgIpc) is 1.59. The first-order valence-electron chi connectivity index (χ1n) is 3.19. The molecule has 0 spiro atoms. The van der Waals surface area contributed by atoms with Gasteiger partial charge in [0, 0.05) is 28.8 Å². The lowest BCUT2D eigenvalue weighted by Crippen LogP contribution is -2.16. The SMILES string of the molecule is CN(C)CCN=S(C)(C)=O. The summed E-state index contributed by atoms with van der Waals surface area (Å²) in [6, 6.07) is 0. The summed E-state index contributed by atoms with van der Waals surface area (Å²) in [5, 5.41) is 0. The van der Waals surface area contributed by atoms with Crippen molar-refractivity contribution in [1.82, 2.24) is 4.90 Å². The Morgan fingerprint density at radius 2 is 1.90 bits per heavy atom. The van der Waals surface area contributed by atoms with Crippen molar-refractivity contribution in [3.8, 4) is 0 Å². The summed E-state index contributed by atoms with van der Waals surface area (Å²) in [7, 11) is 2.08. The van der Waals surface area contributed by atoms with Crippen LogP contribution in [0.5, 0.6) is 0 Å². The van der Waals surface area contributed by atoms with E-state index >= 15 is 0 Å². The molecular formula is C6H16N2OS. The zero-order valence-electron chi connectivity index (χ0n) is 7.13. The molecule has 4 heteroatoms. The van der Waals surface area contributed by atoms with Crippen LogP contribution in [0.25, 0.3) is 0 Å². The van der Waals surface area contributed by atoms with E-state index < -0.39 is 9.73 Å². The van der Waals surface area contributed by atoms with E-state index in [1.54, 1.807) is 12.5 Å². The molecule has 0 aliphatic rings. The molecule has 0 fully saturated rings. The van der Waals surface area contributed by atoms with E-state index in [0.717, 1.165) is 6.54 Å². The summed E-state index contributed by atoms with van der Waals surface area (Å²) in [6.07, 6.45) is 3.31. The van der Waals surface area contributed by atoms with Crippen LogP contribution in [0.2, 0.25) is 0 Å². The minimum atomic E-state index is -1.87. The van der Waals surface area contributed by atoms with Gasteiger partial charge in [0.1, 0.15) is 0 Å². The molecule has 0 unspecified atom stereocenters. The molecule has 62 valence electrons. The zero-order chi connectivity index (χ0) is 8.20. The molecular weight excluding hydrogens is 148 g/mol. The number of nitrogens with zero attached hydrogens (tertiary/aromatic N) is 2. The summed E-state index contributed by atoms with van der Waals surface area (Å²) < 4.78 is 15.0. The minimum Gasteiger partial charge on any atom is -0.308 e. The van der Waals surface area contributed by atoms with E-state index in [1.165, 1.54) is 0 Å². The van der Waals surface area contributed by atoms with Gasteiger partial charge in [0.25, 0.3) is 0 Å². The van der Waals surface area contributed by atoms with Crippen molar-refractivity contribution in [1.29, 1.82) is 0 Å². The van der Waals surface area contributed by atoms with Gasteiger partial charge in [-0.2, -0.15) is 0 Å². The largest absolute Gasteiger partial charge is 0.308 e. The van der Waals surface area contributed by atoms with Crippen molar-refractivity contribution >= 4 is 9.73 Å².